The van der Waals surface area contributed by atoms with Gasteiger partial charge in [-0.05, 0) is 49.2 Å². The van der Waals surface area contributed by atoms with E-state index in [1.807, 2.05) is 50.2 Å². The van der Waals surface area contributed by atoms with Crippen molar-refractivity contribution < 1.29 is 0 Å². The lowest BCUT2D eigenvalue weighted by Gasteiger charge is -2.12. The molecule has 4 aromatic rings. The number of hydrogen-bond acceptors (Lipinski definition) is 6. The number of nitrogens with zero attached hydrogens (tertiary/aromatic N) is 4. The fourth-order valence-electron chi connectivity index (χ4n) is 2.61. The van der Waals surface area contributed by atoms with E-state index in [4.69, 9.17) is 23.2 Å². The summed E-state index contributed by atoms with van der Waals surface area (Å²) >= 11 is 12.5. The van der Waals surface area contributed by atoms with E-state index in [9.17, 15) is 0 Å². The molecule has 0 aliphatic carbocycles. The second kappa shape index (κ2) is 7.58. The van der Waals surface area contributed by atoms with Crippen molar-refractivity contribution in [3.05, 3.63) is 70.0 Å². The zero-order valence-corrected chi connectivity index (χ0v) is 16.7. The fourth-order valence-corrected chi connectivity index (χ4v) is 2.97. The Kier molecular flexibility index (Phi) is 4.98. The lowest BCUT2D eigenvalue weighted by molar-refractivity contribution is 1.15. The van der Waals surface area contributed by atoms with E-state index in [0.29, 0.717) is 33.0 Å². The van der Waals surface area contributed by atoms with Crippen molar-refractivity contribution in [2.75, 3.05) is 10.6 Å². The number of fused-ring (bicyclic) bond motifs is 1. The van der Waals surface area contributed by atoms with Crippen molar-refractivity contribution in [1.82, 2.24) is 19.9 Å². The van der Waals surface area contributed by atoms with Crippen LogP contribution < -0.4 is 10.6 Å². The number of halogens is 2. The van der Waals surface area contributed by atoms with Crippen LogP contribution in [0.1, 0.15) is 11.1 Å². The average molecular weight is 411 g/mol. The number of aryl methyl sites for hydroxylation is 2. The molecule has 140 valence electrons. The Balaban J connectivity index is 1.74. The summed E-state index contributed by atoms with van der Waals surface area (Å²) in [5.41, 5.74) is 4.61. The highest BCUT2D eigenvalue weighted by Gasteiger charge is 2.11. The standard InChI is InChI=1S/C20H16Cl2N6/c1-11-3-5-13(9-15(11)21)25-19-17-18(24-8-7-23-17)27-20(28-19)26-14-6-4-12(2)16(22)10-14/h3-10H,1-2H3,(H2,24,25,26,27,28). The van der Waals surface area contributed by atoms with E-state index in [2.05, 4.69) is 30.6 Å². The zero-order valence-electron chi connectivity index (χ0n) is 15.2. The van der Waals surface area contributed by atoms with Gasteiger partial charge in [0.15, 0.2) is 17.0 Å². The largest absolute Gasteiger partial charge is 0.338 e. The van der Waals surface area contributed by atoms with E-state index in [1.165, 1.54) is 0 Å². The third-order valence-electron chi connectivity index (χ3n) is 4.20. The number of benzene rings is 2. The summed E-state index contributed by atoms with van der Waals surface area (Å²) in [5.74, 6) is 0.910. The first-order chi connectivity index (χ1) is 13.5. The molecular weight excluding hydrogens is 395 g/mol. The summed E-state index contributed by atoms with van der Waals surface area (Å²) in [7, 11) is 0. The normalized spacial score (nSPS) is 10.9. The van der Waals surface area contributed by atoms with Gasteiger partial charge in [0.05, 0.1) is 0 Å². The molecule has 0 aliphatic heterocycles. The minimum Gasteiger partial charge on any atom is -0.338 e. The Bertz CT molecular complexity index is 1180. The minimum atomic E-state index is 0.383. The molecule has 0 saturated heterocycles. The second-order valence-electron chi connectivity index (χ2n) is 6.30. The van der Waals surface area contributed by atoms with Crippen molar-refractivity contribution in [3.8, 4) is 0 Å². The van der Waals surface area contributed by atoms with Gasteiger partial charge in [0.25, 0.3) is 0 Å². The van der Waals surface area contributed by atoms with E-state index in [-0.39, 0.29) is 0 Å². The van der Waals surface area contributed by atoms with Crippen LogP contribution in [0.5, 0.6) is 0 Å². The topological polar surface area (TPSA) is 75.6 Å². The van der Waals surface area contributed by atoms with Crippen molar-refractivity contribution >= 4 is 57.5 Å². The van der Waals surface area contributed by atoms with E-state index < -0.39 is 0 Å². The molecule has 2 aromatic heterocycles. The van der Waals surface area contributed by atoms with Crippen molar-refractivity contribution in [1.29, 1.82) is 0 Å². The lowest BCUT2D eigenvalue weighted by Crippen LogP contribution is -2.04. The molecule has 0 spiro atoms. The van der Waals surface area contributed by atoms with Crippen molar-refractivity contribution in [2.45, 2.75) is 13.8 Å². The summed E-state index contributed by atoms with van der Waals surface area (Å²) in [4.78, 5) is 17.7. The summed E-state index contributed by atoms with van der Waals surface area (Å²) in [5, 5.41) is 7.76. The van der Waals surface area contributed by atoms with Gasteiger partial charge < -0.3 is 10.6 Å². The predicted molar refractivity (Wildman–Crippen MR) is 114 cm³/mol. The van der Waals surface area contributed by atoms with Gasteiger partial charge in [-0.1, -0.05) is 35.3 Å². The molecule has 0 bridgehead atoms. The molecule has 0 amide bonds. The maximum atomic E-state index is 6.24. The third kappa shape index (κ3) is 3.83. The van der Waals surface area contributed by atoms with E-state index in [0.717, 1.165) is 22.5 Å². The maximum absolute atomic E-state index is 6.24. The Morgan fingerprint density at radius 1 is 0.750 bits per heavy atom. The number of nitrogens with one attached hydrogen (secondary N) is 2. The summed E-state index contributed by atoms with van der Waals surface area (Å²) < 4.78 is 0. The highest BCUT2D eigenvalue weighted by Crippen LogP contribution is 2.27. The molecule has 6 nitrogen and oxygen atoms in total. The molecule has 0 saturated carbocycles. The van der Waals surface area contributed by atoms with Crippen LogP contribution in [0.2, 0.25) is 10.0 Å². The van der Waals surface area contributed by atoms with Gasteiger partial charge in [0, 0.05) is 33.8 Å². The van der Waals surface area contributed by atoms with Crippen molar-refractivity contribution in [3.63, 3.8) is 0 Å². The van der Waals surface area contributed by atoms with Gasteiger partial charge in [-0.2, -0.15) is 9.97 Å². The molecule has 0 radical (unpaired) electrons. The van der Waals surface area contributed by atoms with E-state index >= 15 is 0 Å². The smallest absolute Gasteiger partial charge is 0.231 e. The number of rotatable bonds is 4. The van der Waals surface area contributed by atoms with Crippen LogP contribution in [-0.4, -0.2) is 19.9 Å². The third-order valence-corrected chi connectivity index (χ3v) is 5.01. The molecule has 0 aliphatic rings. The summed E-state index contributed by atoms with van der Waals surface area (Å²) in [6.45, 7) is 3.90. The average Bonchev–Trinajstić information content (AvgIpc) is 2.68. The zero-order chi connectivity index (χ0) is 19.7. The molecule has 2 N–H and O–H groups in total. The summed E-state index contributed by atoms with van der Waals surface area (Å²) in [6, 6.07) is 11.4. The van der Waals surface area contributed by atoms with Gasteiger partial charge in [0.1, 0.15) is 0 Å². The van der Waals surface area contributed by atoms with Crippen LogP contribution in [0.4, 0.5) is 23.1 Å². The molecule has 0 atom stereocenters. The monoisotopic (exact) mass is 410 g/mol. The van der Waals surface area contributed by atoms with Crippen LogP contribution in [0.25, 0.3) is 11.2 Å². The molecule has 2 aromatic carbocycles. The molecule has 8 heteroatoms. The Labute approximate surface area is 172 Å². The Hall–Kier alpha value is -2.96. The van der Waals surface area contributed by atoms with Gasteiger partial charge in [-0.15, -0.1) is 0 Å². The number of aromatic nitrogens is 4. The maximum Gasteiger partial charge on any atom is 0.231 e. The first kappa shape index (κ1) is 18.4. The first-order valence-corrected chi connectivity index (χ1v) is 9.30. The van der Waals surface area contributed by atoms with Crippen molar-refractivity contribution in [2.24, 2.45) is 0 Å². The fraction of sp³-hybridized carbons (Fsp3) is 0.100. The molecule has 0 unspecified atom stereocenters. The van der Waals surface area contributed by atoms with Gasteiger partial charge in [-0.3, -0.25) is 0 Å². The Morgan fingerprint density at radius 2 is 1.36 bits per heavy atom. The van der Waals surface area contributed by atoms with Crippen LogP contribution in [0.15, 0.2) is 48.8 Å². The predicted octanol–water partition coefficient (Wildman–Crippen LogP) is 5.83. The lowest BCUT2D eigenvalue weighted by atomic mass is 10.2. The SMILES string of the molecule is Cc1ccc(Nc2nc(Nc3ccc(C)c(Cl)c3)c3nccnc3n2)cc1Cl. The quantitative estimate of drug-likeness (QED) is 0.440. The molecule has 0 fully saturated rings. The molecular formula is C20H16Cl2N6. The number of hydrogen-bond donors (Lipinski definition) is 2. The molecule has 4 rings (SSSR count). The van der Waals surface area contributed by atoms with Gasteiger partial charge in [-0.25, -0.2) is 9.97 Å². The minimum absolute atomic E-state index is 0.383. The number of anilines is 4. The van der Waals surface area contributed by atoms with Crippen LogP contribution in [0, 0.1) is 13.8 Å². The van der Waals surface area contributed by atoms with Crippen LogP contribution >= 0.6 is 23.2 Å². The molecule has 28 heavy (non-hydrogen) atoms. The highest BCUT2D eigenvalue weighted by molar-refractivity contribution is 6.32. The summed E-state index contributed by atoms with van der Waals surface area (Å²) in [6.07, 6.45) is 3.19. The van der Waals surface area contributed by atoms with E-state index in [1.54, 1.807) is 12.4 Å². The van der Waals surface area contributed by atoms with Crippen LogP contribution in [-0.2, 0) is 0 Å². The molecule has 2 heterocycles. The highest BCUT2D eigenvalue weighted by atomic mass is 35.5. The first-order valence-electron chi connectivity index (χ1n) is 8.55. The van der Waals surface area contributed by atoms with Crippen LogP contribution in [0.3, 0.4) is 0 Å². The van der Waals surface area contributed by atoms with Gasteiger partial charge in [0.2, 0.25) is 5.95 Å². The second-order valence-corrected chi connectivity index (χ2v) is 7.12. The van der Waals surface area contributed by atoms with Gasteiger partial charge >= 0.3 is 0 Å². The Morgan fingerprint density at radius 3 is 2.00 bits per heavy atom.